The van der Waals surface area contributed by atoms with E-state index in [1.807, 2.05) is 0 Å². The molecule has 0 fully saturated rings. The fourth-order valence-corrected chi connectivity index (χ4v) is 3.53. The predicted molar refractivity (Wildman–Crippen MR) is 102 cm³/mol. The normalized spacial score (nSPS) is 11.8. The van der Waals surface area contributed by atoms with Gasteiger partial charge in [-0.1, -0.05) is 30.3 Å². The largest absolute Gasteiger partial charge is 0.471 e. The van der Waals surface area contributed by atoms with E-state index in [4.69, 9.17) is 0 Å². The van der Waals surface area contributed by atoms with E-state index in [2.05, 4.69) is 0 Å². The molecule has 0 unspecified atom stereocenters. The number of ketones is 1. The van der Waals surface area contributed by atoms with Crippen LogP contribution in [0, 0.1) is 12.7 Å². The van der Waals surface area contributed by atoms with Crippen molar-refractivity contribution in [2.75, 3.05) is 17.1 Å². The first-order valence-corrected chi connectivity index (χ1v) is 10.4. The first-order valence-electron chi connectivity index (χ1n) is 8.50. The van der Waals surface area contributed by atoms with Crippen LogP contribution >= 0.6 is 0 Å². The number of nitrogens with zero attached hydrogens (tertiary/aromatic N) is 1. The number of carbonyl (C=O) groups is 2. The number of sulfonamides is 1. The number of amides is 1. The van der Waals surface area contributed by atoms with Crippen molar-refractivity contribution in [2.45, 2.75) is 19.6 Å². The summed E-state index contributed by atoms with van der Waals surface area (Å²) in [6.07, 6.45) is -4.17. The summed E-state index contributed by atoms with van der Waals surface area (Å²) in [5.41, 5.74) is 0.699. The number of aryl methyl sites for hydroxylation is 1. The average Bonchev–Trinajstić information content (AvgIpc) is 2.63. The molecule has 0 bridgehead atoms. The molecule has 2 aromatic carbocycles. The number of Topliss-reactive ketones (excluding diaryl/α,β-unsaturated/α-hetero) is 1. The highest BCUT2D eigenvalue weighted by molar-refractivity contribution is 7.92. The molecular weight excluding hydrogens is 428 g/mol. The Labute approximate surface area is 170 Å². The van der Waals surface area contributed by atoms with E-state index in [1.165, 1.54) is 11.4 Å². The minimum atomic E-state index is -5.14. The van der Waals surface area contributed by atoms with Gasteiger partial charge in [0.2, 0.25) is 10.0 Å². The molecule has 0 spiro atoms. The van der Waals surface area contributed by atoms with Crippen LogP contribution in [0.3, 0.4) is 0 Å². The number of para-hydroxylation sites is 1. The van der Waals surface area contributed by atoms with E-state index in [-0.39, 0.29) is 17.7 Å². The van der Waals surface area contributed by atoms with Gasteiger partial charge in [-0.3, -0.25) is 13.9 Å². The third-order valence-electron chi connectivity index (χ3n) is 4.14. The Hall–Kier alpha value is -2.95. The van der Waals surface area contributed by atoms with Crippen LogP contribution in [-0.4, -0.2) is 39.1 Å². The Balaban J connectivity index is 2.23. The zero-order valence-electron chi connectivity index (χ0n) is 16.0. The molecule has 162 valence electrons. The van der Waals surface area contributed by atoms with Gasteiger partial charge in [0.25, 0.3) is 0 Å². The van der Waals surface area contributed by atoms with E-state index >= 15 is 0 Å². The van der Waals surface area contributed by atoms with Gasteiger partial charge in [0.05, 0.1) is 25.0 Å². The van der Waals surface area contributed by atoms with Gasteiger partial charge in [0.1, 0.15) is 5.82 Å². The number of carbonyl (C=O) groups excluding carboxylic acids is 2. The van der Waals surface area contributed by atoms with Crippen molar-refractivity contribution in [3.8, 4) is 0 Å². The number of nitrogens with one attached hydrogen (secondary N) is 1. The van der Waals surface area contributed by atoms with Gasteiger partial charge in [-0.25, -0.2) is 12.8 Å². The lowest BCUT2D eigenvalue weighted by Crippen LogP contribution is -2.39. The summed E-state index contributed by atoms with van der Waals surface area (Å²) < 4.78 is 76.5. The SMILES string of the molecule is Cc1ccccc1N(Cc1ccc(C(=O)CNC(=O)C(F)(F)F)cc1F)S(C)(=O)=O. The van der Waals surface area contributed by atoms with Gasteiger partial charge >= 0.3 is 12.1 Å². The molecular formula is C19H18F4N2O4S. The molecule has 0 saturated heterocycles. The summed E-state index contributed by atoms with van der Waals surface area (Å²) in [5.74, 6) is -4.13. The molecule has 0 aliphatic heterocycles. The average molecular weight is 446 g/mol. The summed E-state index contributed by atoms with van der Waals surface area (Å²) in [7, 11) is -3.77. The van der Waals surface area contributed by atoms with Crippen LogP contribution in [0.1, 0.15) is 21.5 Å². The lowest BCUT2D eigenvalue weighted by molar-refractivity contribution is -0.173. The number of halogens is 4. The smallest absolute Gasteiger partial charge is 0.341 e. The van der Waals surface area contributed by atoms with Crippen molar-refractivity contribution in [1.29, 1.82) is 0 Å². The summed E-state index contributed by atoms with van der Waals surface area (Å²) in [6, 6.07) is 9.72. The molecule has 0 aliphatic carbocycles. The van der Waals surface area contributed by atoms with E-state index < -0.39 is 40.3 Å². The van der Waals surface area contributed by atoms with Crippen molar-refractivity contribution in [1.82, 2.24) is 5.32 Å². The van der Waals surface area contributed by atoms with Crippen LogP contribution in [-0.2, 0) is 21.4 Å². The maximum absolute atomic E-state index is 14.5. The molecule has 2 rings (SSSR count). The Kier molecular flexibility index (Phi) is 6.86. The first kappa shape index (κ1) is 23.3. The lowest BCUT2D eigenvalue weighted by Gasteiger charge is -2.24. The van der Waals surface area contributed by atoms with Gasteiger partial charge < -0.3 is 5.32 Å². The Morgan fingerprint density at radius 3 is 2.27 bits per heavy atom. The number of rotatable bonds is 7. The molecule has 11 heteroatoms. The van der Waals surface area contributed by atoms with Crippen molar-refractivity contribution < 1.29 is 35.6 Å². The third kappa shape index (κ3) is 5.78. The van der Waals surface area contributed by atoms with Crippen molar-refractivity contribution in [2.24, 2.45) is 0 Å². The quantitative estimate of drug-likeness (QED) is 0.524. The van der Waals surface area contributed by atoms with Crippen molar-refractivity contribution >= 4 is 27.4 Å². The van der Waals surface area contributed by atoms with Crippen LogP contribution in [0.15, 0.2) is 42.5 Å². The van der Waals surface area contributed by atoms with Crippen LogP contribution in [0.4, 0.5) is 23.2 Å². The monoisotopic (exact) mass is 446 g/mol. The van der Waals surface area contributed by atoms with Gasteiger partial charge in [-0.05, 0) is 24.6 Å². The van der Waals surface area contributed by atoms with Gasteiger partial charge in [-0.15, -0.1) is 0 Å². The number of anilines is 1. The molecule has 2 aromatic rings. The van der Waals surface area contributed by atoms with E-state index in [1.54, 1.807) is 31.2 Å². The Bertz CT molecular complexity index is 1070. The minimum Gasteiger partial charge on any atom is -0.341 e. The summed E-state index contributed by atoms with van der Waals surface area (Å²) in [4.78, 5) is 22.7. The molecule has 1 N–H and O–H groups in total. The second-order valence-corrected chi connectivity index (χ2v) is 8.37. The van der Waals surface area contributed by atoms with Crippen LogP contribution in [0.25, 0.3) is 0 Å². The molecule has 1 amide bonds. The fraction of sp³-hybridized carbons (Fsp3) is 0.263. The summed E-state index contributed by atoms with van der Waals surface area (Å²) >= 11 is 0. The predicted octanol–water partition coefficient (Wildman–Crippen LogP) is 2.96. The number of alkyl halides is 3. The van der Waals surface area contributed by atoms with E-state index in [9.17, 15) is 35.6 Å². The molecule has 0 saturated carbocycles. The van der Waals surface area contributed by atoms with Gasteiger partial charge in [0.15, 0.2) is 5.78 Å². The molecule has 30 heavy (non-hydrogen) atoms. The topological polar surface area (TPSA) is 83.6 Å². The third-order valence-corrected chi connectivity index (χ3v) is 5.27. The zero-order valence-corrected chi connectivity index (χ0v) is 16.8. The Morgan fingerprint density at radius 2 is 1.73 bits per heavy atom. The highest BCUT2D eigenvalue weighted by atomic mass is 32.2. The molecule has 6 nitrogen and oxygen atoms in total. The lowest BCUT2D eigenvalue weighted by atomic mass is 10.1. The van der Waals surface area contributed by atoms with E-state index in [0.717, 1.165) is 22.7 Å². The molecule has 0 aromatic heterocycles. The molecule has 0 radical (unpaired) electrons. The molecule has 0 atom stereocenters. The second-order valence-electron chi connectivity index (χ2n) is 6.47. The molecule has 0 heterocycles. The minimum absolute atomic E-state index is 0.0421. The number of hydrogen-bond donors (Lipinski definition) is 1. The fourth-order valence-electron chi connectivity index (χ4n) is 2.59. The highest BCUT2D eigenvalue weighted by Gasteiger charge is 2.38. The van der Waals surface area contributed by atoms with Crippen LogP contribution < -0.4 is 9.62 Å². The van der Waals surface area contributed by atoms with Crippen LogP contribution in [0.2, 0.25) is 0 Å². The maximum Gasteiger partial charge on any atom is 0.471 e. The highest BCUT2D eigenvalue weighted by Crippen LogP contribution is 2.25. The second kappa shape index (κ2) is 8.82. The van der Waals surface area contributed by atoms with E-state index in [0.29, 0.717) is 11.3 Å². The van der Waals surface area contributed by atoms with Crippen molar-refractivity contribution in [3.05, 3.63) is 65.0 Å². The first-order chi connectivity index (χ1) is 13.8. The summed E-state index contributed by atoms with van der Waals surface area (Å²) in [5, 5.41) is 1.41. The molecule has 0 aliphatic rings. The van der Waals surface area contributed by atoms with Gasteiger partial charge in [0, 0.05) is 11.1 Å². The number of benzene rings is 2. The maximum atomic E-state index is 14.5. The Morgan fingerprint density at radius 1 is 1.10 bits per heavy atom. The van der Waals surface area contributed by atoms with Crippen LogP contribution in [0.5, 0.6) is 0 Å². The number of hydrogen-bond acceptors (Lipinski definition) is 4. The summed E-state index contributed by atoms with van der Waals surface area (Å²) in [6.45, 7) is 0.380. The zero-order chi connectivity index (χ0) is 22.7. The van der Waals surface area contributed by atoms with Crippen molar-refractivity contribution in [3.63, 3.8) is 0 Å². The standard InChI is InChI=1S/C19H18F4N2O4S/c1-12-5-3-4-6-16(12)25(30(2,28)29)11-14-8-7-13(9-15(14)20)17(26)10-24-18(27)19(21,22)23/h3-9H,10-11H2,1-2H3,(H,24,27). The van der Waals surface area contributed by atoms with Gasteiger partial charge in [-0.2, -0.15) is 13.2 Å².